The number of carbonyl (C=O) groups is 2. The van der Waals surface area contributed by atoms with Crippen LogP contribution >= 0.6 is 0 Å². The van der Waals surface area contributed by atoms with E-state index in [1.807, 2.05) is 0 Å². The van der Waals surface area contributed by atoms with Gasteiger partial charge in [-0.15, -0.1) is 0 Å². The Hall–Kier alpha value is -1.78. The average molecular weight is 236 g/mol. The molecule has 17 heavy (non-hydrogen) atoms. The van der Waals surface area contributed by atoms with Gasteiger partial charge in [0.25, 0.3) is 5.91 Å². The van der Waals surface area contributed by atoms with Crippen LogP contribution in [0.3, 0.4) is 0 Å². The minimum Gasteiger partial charge on any atom is -0.469 e. The number of aromatic amines is 1. The molecule has 0 unspecified atom stereocenters. The maximum atomic E-state index is 12.1. The van der Waals surface area contributed by atoms with Gasteiger partial charge in [0.15, 0.2) is 0 Å². The van der Waals surface area contributed by atoms with Crippen LogP contribution in [-0.2, 0) is 9.53 Å². The van der Waals surface area contributed by atoms with Crippen LogP contribution in [0.25, 0.3) is 0 Å². The quantitative estimate of drug-likeness (QED) is 0.780. The summed E-state index contributed by atoms with van der Waals surface area (Å²) >= 11 is 0. The molecule has 1 amide bonds. The monoisotopic (exact) mass is 236 g/mol. The second-order valence-corrected chi connectivity index (χ2v) is 4.20. The molecule has 1 aromatic heterocycles. The maximum absolute atomic E-state index is 12.1. The highest BCUT2D eigenvalue weighted by molar-refractivity contribution is 5.92. The number of amides is 1. The van der Waals surface area contributed by atoms with Gasteiger partial charge in [-0.2, -0.15) is 0 Å². The molecule has 5 nitrogen and oxygen atoms in total. The molecule has 1 saturated heterocycles. The van der Waals surface area contributed by atoms with Gasteiger partial charge in [0.1, 0.15) is 5.69 Å². The number of nitrogens with one attached hydrogen (secondary N) is 1. The molecule has 0 bridgehead atoms. The van der Waals surface area contributed by atoms with Crippen molar-refractivity contribution in [2.45, 2.75) is 12.8 Å². The number of ether oxygens (including phenoxy) is 1. The Balaban J connectivity index is 2.02. The fourth-order valence-electron chi connectivity index (χ4n) is 2.15. The van der Waals surface area contributed by atoms with E-state index in [9.17, 15) is 9.59 Å². The Morgan fingerprint density at radius 1 is 1.53 bits per heavy atom. The first-order valence-electron chi connectivity index (χ1n) is 5.73. The summed E-state index contributed by atoms with van der Waals surface area (Å²) in [6.07, 6.45) is 3.35. The van der Waals surface area contributed by atoms with E-state index in [1.165, 1.54) is 7.11 Å². The number of esters is 1. The number of aromatic nitrogens is 1. The van der Waals surface area contributed by atoms with Gasteiger partial charge in [-0.25, -0.2) is 0 Å². The van der Waals surface area contributed by atoms with Crippen LogP contribution in [0.4, 0.5) is 0 Å². The molecule has 0 spiro atoms. The van der Waals surface area contributed by atoms with E-state index in [1.54, 1.807) is 23.2 Å². The lowest BCUT2D eigenvalue weighted by Crippen LogP contribution is -2.42. The van der Waals surface area contributed by atoms with E-state index in [-0.39, 0.29) is 17.8 Å². The fourth-order valence-corrected chi connectivity index (χ4v) is 2.15. The standard InChI is InChI=1S/C12H16N2O3/c1-17-12(16)9-4-3-7-14(8-9)11(15)10-5-2-6-13-10/h2,5-6,9,13H,3-4,7-8H2,1H3/t9-/m0/s1. The summed E-state index contributed by atoms with van der Waals surface area (Å²) in [5.74, 6) is -0.467. The predicted octanol–water partition coefficient (Wildman–Crippen LogP) is 1.04. The van der Waals surface area contributed by atoms with E-state index in [2.05, 4.69) is 4.98 Å². The van der Waals surface area contributed by atoms with Crippen molar-refractivity contribution in [2.75, 3.05) is 20.2 Å². The number of hydrogen-bond acceptors (Lipinski definition) is 3. The number of likely N-dealkylation sites (tertiary alicyclic amines) is 1. The maximum Gasteiger partial charge on any atom is 0.310 e. The van der Waals surface area contributed by atoms with E-state index >= 15 is 0 Å². The minimum atomic E-state index is -0.228. The highest BCUT2D eigenvalue weighted by Gasteiger charge is 2.29. The van der Waals surface area contributed by atoms with Crippen molar-refractivity contribution >= 4 is 11.9 Å². The van der Waals surface area contributed by atoms with Crippen molar-refractivity contribution in [2.24, 2.45) is 5.92 Å². The van der Waals surface area contributed by atoms with Gasteiger partial charge in [-0.3, -0.25) is 9.59 Å². The minimum absolute atomic E-state index is 0.0522. The molecule has 1 aliphatic rings. The lowest BCUT2D eigenvalue weighted by molar-refractivity contribution is -0.146. The Labute approximate surface area is 99.8 Å². The van der Waals surface area contributed by atoms with Crippen LogP contribution in [0.1, 0.15) is 23.3 Å². The van der Waals surface area contributed by atoms with E-state index in [0.717, 1.165) is 12.8 Å². The first-order valence-corrected chi connectivity index (χ1v) is 5.73. The first kappa shape index (κ1) is 11.7. The van der Waals surface area contributed by atoms with Crippen LogP contribution in [0.15, 0.2) is 18.3 Å². The second kappa shape index (κ2) is 5.03. The molecule has 1 fully saturated rings. The molecular weight excluding hydrogens is 220 g/mol. The number of hydrogen-bond donors (Lipinski definition) is 1. The molecule has 2 heterocycles. The van der Waals surface area contributed by atoms with Gasteiger partial charge in [-0.05, 0) is 25.0 Å². The molecule has 0 radical (unpaired) electrons. The molecule has 92 valence electrons. The number of methoxy groups -OCH3 is 1. The van der Waals surface area contributed by atoms with Gasteiger partial charge in [0.2, 0.25) is 0 Å². The van der Waals surface area contributed by atoms with Gasteiger partial charge in [-0.1, -0.05) is 0 Å². The lowest BCUT2D eigenvalue weighted by Gasteiger charge is -2.31. The zero-order valence-corrected chi connectivity index (χ0v) is 9.81. The van der Waals surface area contributed by atoms with Crippen molar-refractivity contribution in [3.05, 3.63) is 24.0 Å². The molecule has 1 aromatic rings. The fraction of sp³-hybridized carbons (Fsp3) is 0.500. The molecule has 0 aliphatic carbocycles. The van der Waals surface area contributed by atoms with E-state index in [0.29, 0.717) is 18.8 Å². The van der Waals surface area contributed by atoms with Crippen LogP contribution < -0.4 is 0 Å². The molecule has 1 N–H and O–H groups in total. The van der Waals surface area contributed by atoms with Crippen molar-refractivity contribution < 1.29 is 14.3 Å². The Morgan fingerprint density at radius 2 is 2.35 bits per heavy atom. The first-order chi connectivity index (χ1) is 8.22. The molecule has 5 heteroatoms. The average Bonchev–Trinajstić information content (AvgIpc) is 2.91. The second-order valence-electron chi connectivity index (χ2n) is 4.20. The van der Waals surface area contributed by atoms with Crippen molar-refractivity contribution in [1.82, 2.24) is 9.88 Å². The molecule has 2 rings (SSSR count). The third-order valence-corrected chi connectivity index (χ3v) is 3.07. The summed E-state index contributed by atoms with van der Waals surface area (Å²) in [6.45, 7) is 1.15. The van der Waals surface area contributed by atoms with Gasteiger partial charge < -0.3 is 14.6 Å². The molecular formula is C12H16N2O3. The van der Waals surface area contributed by atoms with Gasteiger partial charge >= 0.3 is 5.97 Å². The van der Waals surface area contributed by atoms with Crippen LogP contribution in [-0.4, -0.2) is 42.0 Å². The molecule has 1 aliphatic heterocycles. The largest absolute Gasteiger partial charge is 0.469 e. The Bertz CT molecular complexity index is 400. The van der Waals surface area contributed by atoms with Crippen LogP contribution in [0.2, 0.25) is 0 Å². The smallest absolute Gasteiger partial charge is 0.310 e. The summed E-state index contributed by atoms with van der Waals surface area (Å²) in [5.41, 5.74) is 0.565. The summed E-state index contributed by atoms with van der Waals surface area (Å²) in [6, 6.07) is 3.53. The third kappa shape index (κ3) is 2.49. The van der Waals surface area contributed by atoms with E-state index in [4.69, 9.17) is 4.74 Å². The SMILES string of the molecule is COC(=O)[C@H]1CCCN(C(=O)c2ccc[nH]2)C1. The third-order valence-electron chi connectivity index (χ3n) is 3.07. The van der Waals surface area contributed by atoms with Crippen molar-refractivity contribution in [1.29, 1.82) is 0 Å². The predicted molar refractivity (Wildman–Crippen MR) is 61.4 cm³/mol. The molecule has 0 aromatic carbocycles. The molecule has 1 atom stereocenters. The van der Waals surface area contributed by atoms with Crippen molar-refractivity contribution in [3.63, 3.8) is 0 Å². The Morgan fingerprint density at radius 3 is 3.00 bits per heavy atom. The van der Waals surface area contributed by atoms with E-state index < -0.39 is 0 Å². The number of rotatable bonds is 2. The van der Waals surface area contributed by atoms with Crippen LogP contribution in [0.5, 0.6) is 0 Å². The number of carbonyl (C=O) groups excluding carboxylic acids is 2. The topological polar surface area (TPSA) is 62.4 Å². The van der Waals surface area contributed by atoms with Crippen LogP contribution in [0, 0.1) is 5.92 Å². The normalized spacial score (nSPS) is 20.1. The number of nitrogens with zero attached hydrogens (tertiary/aromatic N) is 1. The summed E-state index contributed by atoms with van der Waals surface area (Å²) in [4.78, 5) is 28.1. The number of piperidine rings is 1. The summed E-state index contributed by atoms with van der Waals surface area (Å²) in [5, 5.41) is 0. The molecule has 0 saturated carbocycles. The van der Waals surface area contributed by atoms with Gasteiger partial charge in [0, 0.05) is 19.3 Å². The highest BCUT2D eigenvalue weighted by Crippen LogP contribution is 2.19. The summed E-state index contributed by atoms with van der Waals surface area (Å²) < 4.78 is 4.72. The number of H-pyrrole nitrogens is 1. The van der Waals surface area contributed by atoms with Crippen molar-refractivity contribution in [3.8, 4) is 0 Å². The zero-order valence-electron chi connectivity index (χ0n) is 9.81. The van der Waals surface area contributed by atoms with Gasteiger partial charge in [0.05, 0.1) is 13.0 Å². The lowest BCUT2D eigenvalue weighted by atomic mass is 9.98. The highest BCUT2D eigenvalue weighted by atomic mass is 16.5. The Kier molecular flexibility index (Phi) is 3.46. The zero-order chi connectivity index (χ0) is 12.3. The summed E-state index contributed by atoms with van der Waals surface area (Å²) in [7, 11) is 1.38.